The van der Waals surface area contributed by atoms with E-state index in [1.54, 1.807) is 0 Å². The number of amides is 1. The molecule has 5 nitrogen and oxygen atoms in total. The Morgan fingerprint density at radius 2 is 1.80 bits per heavy atom. The first kappa shape index (κ1) is 14.7. The Bertz CT molecular complexity index is 678. The van der Waals surface area contributed by atoms with E-state index in [2.05, 4.69) is 10.3 Å². The van der Waals surface area contributed by atoms with Gasteiger partial charge in [-0.15, -0.1) is 0 Å². The summed E-state index contributed by atoms with van der Waals surface area (Å²) in [6.07, 6.45) is 0. The van der Waals surface area contributed by atoms with Crippen LogP contribution in [0.25, 0.3) is 0 Å². The molecule has 0 saturated carbocycles. The molecule has 1 amide bonds. The molecule has 0 aliphatic heterocycles. The molecule has 0 unspecified atom stereocenters. The van der Waals surface area contributed by atoms with E-state index in [0.29, 0.717) is 5.69 Å². The lowest BCUT2D eigenvalue weighted by Crippen LogP contribution is -2.12. The van der Waals surface area contributed by atoms with Gasteiger partial charge < -0.3 is 15.4 Å². The van der Waals surface area contributed by atoms with Gasteiger partial charge in [-0.05, 0) is 24.3 Å². The third-order valence-electron chi connectivity index (χ3n) is 2.43. The minimum absolute atomic E-state index is 0.0258. The molecule has 0 aliphatic carbocycles. The Morgan fingerprint density at radius 3 is 2.30 bits per heavy atom. The maximum absolute atomic E-state index is 11.9. The van der Waals surface area contributed by atoms with Gasteiger partial charge in [-0.3, -0.25) is 4.79 Å². The van der Waals surface area contributed by atoms with Gasteiger partial charge in [0.1, 0.15) is 10.8 Å². The minimum atomic E-state index is -1.14. The summed E-state index contributed by atoms with van der Waals surface area (Å²) in [5, 5.41) is 11.8. The monoisotopic (exact) mass is 332 g/mol. The Labute approximate surface area is 128 Å². The zero-order chi connectivity index (χ0) is 14.9. The fourth-order valence-corrected chi connectivity index (χ4v) is 2.07. The number of carboxylic acid groups (broad SMARTS) is 1. The first-order chi connectivity index (χ1) is 9.38. The van der Waals surface area contributed by atoms with Crippen molar-refractivity contribution >= 4 is 52.4 Å². The number of aromatic carboxylic acids is 1. The van der Waals surface area contributed by atoms with Crippen molar-refractivity contribution in [3.05, 3.63) is 50.7 Å². The maximum atomic E-state index is 11.9. The maximum Gasteiger partial charge on any atom is 0.337 e. The SMILES string of the molecule is O=C(Nc1ccc(C(=O)O)c(Cl)c1)c1cc(Cl)c(Cl)[nH]1. The smallest absolute Gasteiger partial charge is 0.337 e. The summed E-state index contributed by atoms with van der Waals surface area (Å²) in [6.45, 7) is 0. The number of aromatic amines is 1. The highest BCUT2D eigenvalue weighted by atomic mass is 35.5. The van der Waals surface area contributed by atoms with Crippen molar-refractivity contribution in [2.45, 2.75) is 0 Å². The summed E-state index contributed by atoms with van der Waals surface area (Å²) in [4.78, 5) is 25.3. The summed E-state index contributed by atoms with van der Waals surface area (Å²) >= 11 is 17.2. The van der Waals surface area contributed by atoms with Crippen molar-refractivity contribution in [3.8, 4) is 0 Å². The van der Waals surface area contributed by atoms with Crippen LogP contribution in [0.4, 0.5) is 5.69 Å². The third kappa shape index (κ3) is 3.07. The number of carbonyl (C=O) groups is 2. The molecule has 0 fully saturated rings. The fourth-order valence-electron chi connectivity index (χ4n) is 1.49. The van der Waals surface area contributed by atoms with Crippen molar-refractivity contribution in [1.29, 1.82) is 0 Å². The molecule has 3 N–H and O–H groups in total. The van der Waals surface area contributed by atoms with E-state index in [1.807, 2.05) is 0 Å². The normalized spacial score (nSPS) is 10.3. The van der Waals surface area contributed by atoms with Crippen molar-refractivity contribution < 1.29 is 14.7 Å². The standard InChI is InChI=1S/C12H7Cl3N2O3/c13-7-3-5(1-2-6(7)12(19)20)16-11(18)9-4-8(14)10(15)17-9/h1-4,17H,(H,16,18)(H,19,20). The number of aromatic nitrogens is 1. The van der Waals surface area contributed by atoms with Crippen LogP contribution >= 0.6 is 34.8 Å². The molecule has 1 heterocycles. The van der Waals surface area contributed by atoms with Crippen LogP contribution in [0.2, 0.25) is 15.2 Å². The Balaban J connectivity index is 2.20. The molecule has 0 aliphatic rings. The number of hydrogen-bond acceptors (Lipinski definition) is 2. The average Bonchev–Trinajstić information content (AvgIpc) is 2.69. The highest BCUT2D eigenvalue weighted by Crippen LogP contribution is 2.24. The van der Waals surface area contributed by atoms with Crippen LogP contribution in [-0.2, 0) is 0 Å². The third-order valence-corrected chi connectivity index (χ3v) is 3.43. The largest absolute Gasteiger partial charge is 0.478 e. The number of rotatable bonds is 3. The Hall–Kier alpha value is -1.69. The quantitative estimate of drug-likeness (QED) is 0.796. The first-order valence-corrected chi connectivity index (χ1v) is 6.40. The lowest BCUT2D eigenvalue weighted by atomic mass is 10.2. The molecule has 1 aromatic carbocycles. The molecule has 2 aromatic rings. The second-order valence-corrected chi connectivity index (χ2v) is 4.99. The van der Waals surface area contributed by atoms with Crippen LogP contribution in [0.1, 0.15) is 20.8 Å². The van der Waals surface area contributed by atoms with Crippen LogP contribution in [0.5, 0.6) is 0 Å². The summed E-state index contributed by atoms with van der Waals surface area (Å²) in [6, 6.07) is 5.45. The molecule has 0 atom stereocenters. The van der Waals surface area contributed by atoms with Gasteiger partial charge in [-0.2, -0.15) is 0 Å². The van der Waals surface area contributed by atoms with Crippen molar-refractivity contribution in [2.24, 2.45) is 0 Å². The lowest BCUT2D eigenvalue weighted by Gasteiger charge is -2.05. The molecule has 104 valence electrons. The number of anilines is 1. The van der Waals surface area contributed by atoms with Crippen LogP contribution in [0.15, 0.2) is 24.3 Å². The van der Waals surface area contributed by atoms with Crippen molar-refractivity contribution in [3.63, 3.8) is 0 Å². The molecule has 2 rings (SSSR count). The van der Waals surface area contributed by atoms with Gasteiger partial charge in [0.2, 0.25) is 0 Å². The number of benzene rings is 1. The van der Waals surface area contributed by atoms with E-state index in [4.69, 9.17) is 39.9 Å². The van der Waals surface area contributed by atoms with E-state index in [1.165, 1.54) is 24.3 Å². The van der Waals surface area contributed by atoms with Crippen molar-refractivity contribution in [2.75, 3.05) is 5.32 Å². The molecular weight excluding hydrogens is 327 g/mol. The van der Waals surface area contributed by atoms with Gasteiger partial charge in [0.25, 0.3) is 5.91 Å². The van der Waals surface area contributed by atoms with Crippen LogP contribution in [-0.4, -0.2) is 22.0 Å². The molecular formula is C12H7Cl3N2O3. The number of H-pyrrole nitrogens is 1. The van der Waals surface area contributed by atoms with E-state index < -0.39 is 11.9 Å². The van der Waals surface area contributed by atoms with E-state index in [9.17, 15) is 9.59 Å². The predicted octanol–water partition coefficient (Wildman–Crippen LogP) is 3.93. The first-order valence-electron chi connectivity index (χ1n) is 5.26. The number of nitrogens with one attached hydrogen (secondary N) is 2. The lowest BCUT2D eigenvalue weighted by molar-refractivity contribution is 0.0697. The second kappa shape index (κ2) is 5.75. The molecule has 0 radical (unpaired) electrons. The highest BCUT2D eigenvalue weighted by Gasteiger charge is 2.13. The van der Waals surface area contributed by atoms with Crippen LogP contribution < -0.4 is 5.32 Å². The fraction of sp³-hybridized carbons (Fsp3) is 0. The van der Waals surface area contributed by atoms with Gasteiger partial charge in [-0.25, -0.2) is 4.79 Å². The summed E-state index contributed by atoms with van der Waals surface area (Å²) < 4.78 is 0. The molecule has 20 heavy (non-hydrogen) atoms. The van der Waals surface area contributed by atoms with Gasteiger partial charge >= 0.3 is 5.97 Å². The number of hydrogen-bond donors (Lipinski definition) is 3. The number of carboxylic acids is 1. The molecule has 1 aromatic heterocycles. The number of carbonyl (C=O) groups excluding carboxylic acids is 1. The van der Waals surface area contributed by atoms with Crippen LogP contribution in [0, 0.1) is 0 Å². The summed E-state index contributed by atoms with van der Waals surface area (Å²) in [7, 11) is 0. The Kier molecular flexibility index (Phi) is 4.23. The molecule has 8 heteroatoms. The minimum Gasteiger partial charge on any atom is -0.478 e. The zero-order valence-corrected chi connectivity index (χ0v) is 12.0. The number of halogens is 3. The molecule has 0 bridgehead atoms. The van der Waals surface area contributed by atoms with Crippen molar-refractivity contribution in [1.82, 2.24) is 4.98 Å². The molecule has 0 spiro atoms. The second-order valence-electron chi connectivity index (χ2n) is 3.80. The summed E-state index contributed by atoms with van der Waals surface area (Å²) in [5.74, 6) is -1.62. The van der Waals surface area contributed by atoms with Gasteiger partial charge in [0, 0.05) is 5.69 Å². The average molecular weight is 334 g/mol. The van der Waals surface area contributed by atoms with E-state index in [-0.39, 0.29) is 26.5 Å². The summed E-state index contributed by atoms with van der Waals surface area (Å²) in [5.41, 5.74) is 0.487. The van der Waals surface area contributed by atoms with E-state index >= 15 is 0 Å². The van der Waals surface area contributed by atoms with Gasteiger partial charge in [-0.1, -0.05) is 34.8 Å². The molecule has 0 saturated heterocycles. The van der Waals surface area contributed by atoms with E-state index in [0.717, 1.165) is 0 Å². The zero-order valence-electron chi connectivity index (χ0n) is 9.71. The predicted molar refractivity (Wildman–Crippen MR) is 77.2 cm³/mol. The topological polar surface area (TPSA) is 82.2 Å². The van der Waals surface area contributed by atoms with Gasteiger partial charge in [0.15, 0.2) is 0 Å². The Morgan fingerprint density at radius 1 is 1.10 bits per heavy atom. The highest BCUT2D eigenvalue weighted by molar-refractivity contribution is 6.41. The van der Waals surface area contributed by atoms with Gasteiger partial charge in [0.05, 0.1) is 15.6 Å². The van der Waals surface area contributed by atoms with Crippen LogP contribution in [0.3, 0.4) is 0 Å².